The molecule has 2 aromatic heterocycles. The monoisotopic (exact) mass is 366 g/mol. The van der Waals surface area contributed by atoms with Gasteiger partial charge in [0.25, 0.3) is 5.91 Å². The van der Waals surface area contributed by atoms with Crippen LogP contribution in [-0.4, -0.2) is 45.9 Å². The summed E-state index contributed by atoms with van der Waals surface area (Å²) in [6, 6.07) is 5.70. The lowest BCUT2D eigenvalue weighted by Gasteiger charge is -2.35. The first kappa shape index (κ1) is 17.3. The molecule has 27 heavy (non-hydrogen) atoms. The highest BCUT2D eigenvalue weighted by molar-refractivity contribution is 5.95. The number of methoxy groups -OCH3 is 2. The van der Waals surface area contributed by atoms with E-state index in [2.05, 4.69) is 9.97 Å². The van der Waals surface area contributed by atoms with Crippen molar-refractivity contribution in [2.75, 3.05) is 20.8 Å². The van der Waals surface area contributed by atoms with Gasteiger partial charge in [0, 0.05) is 18.9 Å². The minimum Gasteiger partial charge on any atom is -0.493 e. The van der Waals surface area contributed by atoms with E-state index in [9.17, 15) is 4.79 Å². The Kier molecular flexibility index (Phi) is 4.22. The molecule has 1 unspecified atom stereocenters. The molecule has 1 aliphatic rings. The fourth-order valence-electron chi connectivity index (χ4n) is 3.81. The number of carbonyl (C=O) groups is 1. The standard InChI is InChI=1S/C20H22N4O3/c1-12-18(24-8-5-7-21-20(24)22-12)19(25)23-9-6-14-10-16(26-3)17(27-4)11-15(14)13(23)2/h5,7-8,10-11,13H,6,9H2,1-4H3. The van der Waals surface area contributed by atoms with Crippen LogP contribution in [0.15, 0.2) is 30.6 Å². The third-order valence-corrected chi connectivity index (χ3v) is 5.23. The van der Waals surface area contributed by atoms with Crippen LogP contribution in [0.3, 0.4) is 0 Å². The first-order valence-corrected chi connectivity index (χ1v) is 8.90. The van der Waals surface area contributed by atoms with Gasteiger partial charge in [-0.2, -0.15) is 0 Å². The number of amides is 1. The number of carbonyl (C=O) groups excluding carboxylic acids is 1. The first-order chi connectivity index (χ1) is 13.0. The summed E-state index contributed by atoms with van der Waals surface area (Å²) >= 11 is 0. The van der Waals surface area contributed by atoms with Gasteiger partial charge in [-0.05, 0) is 49.6 Å². The second-order valence-electron chi connectivity index (χ2n) is 6.67. The molecule has 0 saturated carbocycles. The molecule has 4 rings (SSSR count). The Morgan fingerprint density at radius 3 is 2.70 bits per heavy atom. The van der Waals surface area contributed by atoms with E-state index in [0.717, 1.165) is 12.0 Å². The average Bonchev–Trinajstić information content (AvgIpc) is 3.02. The van der Waals surface area contributed by atoms with Crippen LogP contribution >= 0.6 is 0 Å². The normalized spacial score (nSPS) is 16.3. The molecule has 0 spiro atoms. The molecular weight excluding hydrogens is 344 g/mol. The van der Waals surface area contributed by atoms with Crippen LogP contribution in [0, 0.1) is 6.92 Å². The molecule has 0 aliphatic carbocycles. The van der Waals surface area contributed by atoms with Crippen LogP contribution in [0.4, 0.5) is 0 Å². The van der Waals surface area contributed by atoms with Crippen molar-refractivity contribution in [1.29, 1.82) is 0 Å². The second kappa shape index (κ2) is 6.57. The zero-order valence-electron chi connectivity index (χ0n) is 15.9. The van der Waals surface area contributed by atoms with Crippen molar-refractivity contribution >= 4 is 11.7 Å². The maximum Gasteiger partial charge on any atom is 0.273 e. The predicted molar refractivity (Wildman–Crippen MR) is 100 cm³/mol. The van der Waals surface area contributed by atoms with Crippen molar-refractivity contribution < 1.29 is 14.3 Å². The van der Waals surface area contributed by atoms with Crippen LogP contribution in [-0.2, 0) is 6.42 Å². The van der Waals surface area contributed by atoms with Crippen LogP contribution in [0.2, 0.25) is 0 Å². The van der Waals surface area contributed by atoms with Crippen molar-refractivity contribution in [3.05, 3.63) is 53.1 Å². The summed E-state index contributed by atoms with van der Waals surface area (Å²) in [6.45, 7) is 4.52. The zero-order valence-corrected chi connectivity index (χ0v) is 15.9. The Bertz CT molecular complexity index is 1030. The van der Waals surface area contributed by atoms with E-state index in [1.165, 1.54) is 5.56 Å². The lowest BCUT2D eigenvalue weighted by Crippen LogP contribution is -2.39. The van der Waals surface area contributed by atoms with Gasteiger partial charge in [-0.25, -0.2) is 9.97 Å². The van der Waals surface area contributed by atoms with E-state index in [0.29, 0.717) is 35.2 Å². The topological polar surface area (TPSA) is 69.0 Å². The highest BCUT2D eigenvalue weighted by atomic mass is 16.5. The molecule has 1 atom stereocenters. The molecule has 1 amide bonds. The van der Waals surface area contributed by atoms with E-state index < -0.39 is 0 Å². The number of hydrogen-bond acceptors (Lipinski definition) is 5. The van der Waals surface area contributed by atoms with Crippen molar-refractivity contribution in [2.24, 2.45) is 0 Å². The second-order valence-corrected chi connectivity index (χ2v) is 6.67. The Hall–Kier alpha value is -3.09. The van der Waals surface area contributed by atoms with Crippen molar-refractivity contribution in [2.45, 2.75) is 26.3 Å². The number of hydrogen-bond donors (Lipinski definition) is 0. The molecule has 0 radical (unpaired) electrons. The molecule has 7 nitrogen and oxygen atoms in total. The molecule has 1 aliphatic heterocycles. The summed E-state index contributed by atoms with van der Waals surface area (Å²) in [5, 5.41) is 0. The average molecular weight is 366 g/mol. The van der Waals surface area contributed by atoms with Gasteiger partial charge in [0.1, 0.15) is 5.69 Å². The first-order valence-electron chi connectivity index (χ1n) is 8.90. The van der Waals surface area contributed by atoms with Crippen molar-refractivity contribution in [3.8, 4) is 11.5 Å². The largest absolute Gasteiger partial charge is 0.493 e. The van der Waals surface area contributed by atoms with Gasteiger partial charge in [-0.15, -0.1) is 0 Å². The van der Waals surface area contributed by atoms with E-state index >= 15 is 0 Å². The fourth-order valence-corrected chi connectivity index (χ4v) is 3.81. The lowest BCUT2D eigenvalue weighted by atomic mass is 9.92. The molecule has 7 heteroatoms. The highest BCUT2D eigenvalue weighted by Gasteiger charge is 2.32. The van der Waals surface area contributed by atoms with Gasteiger partial charge in [0.15, 0.2) is 11.5 Å². The molecule has 3 heterocycles. The number of benzene rings is 1. The minimum absolute atomic E-state index is 0.0408. The summed E-state index contributed by atoms with van der Waals surface area (Å²) in [4.78, 5) is 23.9. The smallest absolute Gasteiger partial charge is 0.273 e. The summed E-state index contributed by atoms with van der Waals surface area (Å²) in [5.41, 5.74) is 3.51. The van der Waals surface area contributed by atoms with Gasteiger partial charge in [-0.3, -0.25) is 9.20 Å². The van der Waals surface area contributed by atoms with Crippen molar-refractivity contribution in [3.63, 3.8) is 0 Å². The van der Waals surface area contributed by atoms with Gasteiger partial charge >= 0.3 is 0 Å². The fraction of sp³-hybridized carbons (Fsp3) is 0.350. The van der Waals surface area contributed by atoms with Gasteiger partial charge in [-0.1, -0.05) is 0 Å². The molecule has 0 bridgehead atoms. The van der Waals surface area contributed by atoms with E-state index in [1.54, 1.807) is 30.9 Å². The van der Waals surface area contributed by atoms with Gasteiger partial charge in [0.05, 0.1) is 26.0 Å². The number of imidazole rings is 1. The minimum atomic E-state index is -0.0809. The third-order valence-electron chi connectivity index (χ3n) is 5.23. The zero-order chi connectivity index (χ0) is 19.1. The highest BCUT2D eigenvalue weighted by Crippen LogP contribution is 2.38. The van der Waals surface area contributed by atoms with Crippen LogP contribution in [0.25, 0.3) is 5.78 Å². The molecule has 140 valence electrons. The van der Waals surface area contributed by atoms with Crippen LogP contribution in [0.1, 0.15) is 40.3 Å². The summed E-state index contributed by atoms with van der Waals surface area (Å²) in [5.74, 6) is 1.88. The van der Waals surface area contributed by atoms with Crippen LogP contribution < -0.4 is 9.47 Å². The number of fused-ring (bicyclic) bond motifs is 2. The number of aromatic nitrogens is 3. The van der Waals surface area contributed by atoms with E-state index in [-0.39, 0.29) is 11.9 Å². The quantitative estimate of drug-likeness (QED) is 0.713. The predicted octanol–water partition coefficient (Wildman–Crippen LogP) is 2.81. The van der Waals surface area contributed by atoms with E-state index in [1.807, 2.05) is 37.1 Å². The summed E-state index contributed by atoms with van der Waals surface area (Å²) < 4.78 is 12.6. The van der Waals surface area contributed by atoms with Gasteiger partial charge < -0.3 is 14.4 Å². The summed E-state index contributed by atoms with van der Waals surface area (Å²) in [6.07, 6.45) is 4.27. The SMILES string of the molecule is COc1cc2c(cc1OC)C(C)N(C(=O)c1c(C)nc3ncccn13)CC2. The summed E-state index contributed by atoms with van der Waals surface area (Å²) in [7, 11) is 3.25. The number of rotatable bonds is 3. The molecule has 3 aromatic rings. The Labute approximate surface area is 157 Å². The molecule has 0 saturated heterocycles. The van der Waals surface area contributed by atoms with Gasteiger partial charge in [0.2, 0.25) is 5.78 Å². The number of ether oxygens (including phenoxy) is 2. The number of nitrogens with zero attached hydrogens (tertiary/aromatic N) is 4. The van der Waals surface area contributed by atoms with Crippen LogP contribution in [0.5, 0.6) is 11.5 Å². The van der Waals surface area contributed by atoms with Crippen molar-refractivity contribution in [1.82, 2.24) is 19.3 Å². The lowest BCUT2D eigenvalue weighted by molar-refractivity contribution is 0.0669. The van der Waals surface area contributed by atoms with E-state index in [4.69, 9.17) is 9.47 Å². The molecular formula is C20H22N4O3. The molecule has 0 fully saturated rings. The Morgan fingerprint density at radius 1 is 1.22 bits per heavy atom. The Balaban J connectivity index is 1.74. The number of aryl methyl sites for hydroxylation is 1. The Morgan fingerprint density at radius 2 is 1.96 bits per heavy atom. The molecule has 1 aromatic carbocycles. The third kappa shape index (κ3) is 2.70. The molecule has 0 N–H and O–H groups in total. The maximum absolute atomic E-state index is 13.4. The maximum atomic E-state index is 13.4.